The third kappa shape index (κ3) is 4.44. The predicted molar refractivity (Wildman–Crippen MR) is 121 cm³/mol. The molecule has 34 heavy (non-hydrogen) atoms. The zero-order chi connectivity index (χ0) is 24.5. The van der Waals surface area contributed by atoms with E-state index in [1.807, 2.05) is 6.07 Å². The summed E-state index contributed by atoms with van der Waals surface area (Å²) < 4.78 is 27.3. The summed E-state index contributed by atoms with van der Waals surface area (Å²) in [5.74, 6) is -3.63. The van der Waals surface area contributed by atoms with Crippen molar-refractivity contribution in [2.24, 2.45) is 0 Å². The molecular formula is C24H20F2N6O2. The SMILES string of the molecule is C[C@@H](Nc1ccccc1C(=O)O)c1cc(C#N)cc2nc(C#N)c(N3CCC(F)(F)CC3)nc12. The van der Waals surface area contributed by atoms with Gasteiger partial charge in [0, 0.05) is 37.2 Å². The molecule has 2 N–H and O–H groups in total. The van der Waals surface area contributed by atoms with Crippen LogP contribution < -0.4 is 10.2 Å². The number of carboxylic acid groups (broad SMARTS) is 1. The molecule has 8 nitrogen and oxygen atoms in total. The zero-order valence-corrected chi connectivity index (χ0v) is 18.2. The Morgan fingerprint density at radius 3 is 2.53 bits per heavy atom. The van der Waals surface area contributed by atoms with Crippen molar-refractivity contribution in [1.29, 1.82) is 10.5 Å². The van der Waals surface area contributed by atoms with E-state index < -0.39 is 17.9 Å². The molecule has 1 fully saturated rings. The molecule has 0 bridgehead atoms. The Labute approximate surface area is 194 Å². The average molecular weight is 462 g/mol. The predicted octanol–water partition coefficient (Wildman–Crippen LogP) is 4.48. The third-order valence-corrected chi connectivity index (χ3v) is 5.81. The van der Waals surface area contributed by atoms with Gasteiger partial charge in [-0.2, -0.15) is 10.5 Å². The number of aromatic carboxylic acids is 1. The van der Waals surface area contributed by atoms with Crippen LogP contribution in [-0.4, -0.2) is 40.1 Å². The average Bonchev–Trinajstić information content (AvgIpc) is 2.82. The van der Waals surface area contributed by atoms with E-state index in [2.05, 4.69) is 21.4 Å². The minimum atomic E-state index is -2.75. The van der Waals surface area contributed by atoms with E-state index in [1.54, 1.807) is 36.1 Å². The quantitative estimate of drug-likeness (QED) is 0.568. The molecular weight excluding hydrogens is 442 g/mol. The molecule has 0 spiro atoms. The number of para-hydroxylation sites is 1. The molecule has 172 valence electrons. The van der Waals surface area contributed by atoms with Crippen LogP contribution in [0, 0.1) is 22.7 Å². The van der Waals surface area contributed by atoms with Crippen LogP contribution in [0.25, 0.3) is 11.0 Å². The van der Waals surface area contributed by atoms with Gasteiger partial charge in [-0.1, -0.05) is 12.1 Å². The van der Waals surface area contributed by atoms with Gasteiger partial charge < -0.3 is 15.3 Å². The van der Waals surface area contributed by atoms with Crippen molar-refractivity contribution in [3.05, 3.63) is 58.8 Å². The molecule has 0 saturated carbocycles. The third-order valence-electron chi connectivity index (χ3n) is 5.81. The fourth-order valence-corrected chi connectivity index (χ4v) is 4.02. The zero-order valence-electron chi connectivity index (χ0n) is 18.2. The Kier molecular flexibility index (Phi) is 5.99. The minimum Gasteiger partial charge on any atom is -0.478 e. The molecule has 0 aliphatic carbocycles. The summed E-state index contributed by atoms with van der Waals surface area (Å²) in [5.41, 5.74) is 2.05. The number of aromatic nitrogens is 2. The second-order valence-corrected chi connectivity index (χ2v) is 8.11. The van der Waals surface area contributed by atoms with Gasteiger partial charge >= 0.3 is 5.97 Å². The van der Waals surface area contributed by atoms with E-state index in [0.29, 0.717) is 27.8 Å². The first-order valence-electron chi connectivity index (χ1n) is 10.6. The van der Waals surface area contributed by atoms with Gasteiger partial charge in [0.25, 0.3) is 5.92 Å². The van der Waals surface area contributed by atoms with Crippen LogP contribution in [0.15, 0.2) is 36.4 Å². The molecule has 1 aromatic heterocycles. The second kappa shape index (κ2) is 8.91. The maximum Gasteiger partial charge on any atom is 0.337 e. The van der Waals surface area contributed by atoms with Gasteiger partial charge in [0.1, 0.15) is 6.07 Å². The number of hydrogen-bond donors (Lipinski definition) is 2. The highest BCUT2D eigenvalue weighted by molar-refractivity contribution is 5.94. The number of piperidine rings is 1. The molecule has 2 aromatic carbocycles. The number of carbonyl (C=O) groups is 1. The van der Waals surface area contributed by atoms with Crippen molar-refractivity contribution >= 4 is 28.5 Å². The molecule has 3 aromatic rings. The van der Waals surface area contributed by atoms with Gasteiger partial charge in [0.15, 0.2) is 11.5 Å². The molecule has 1 aliphatic rings. The van der Waals surface area contributed by atoms with E-state index >= 15 is 0 Å². The van der Waals surface area contributed by atoms with Crippen LogP contribution in [0.5, 0.6) is 0 Å². The lowest BCUT2D eigenvalue weighted by molar-refractivity contribution is -0.0221. The number of nitriles is 2. The highest BCUT2D eigenvalue weighted by atomic mass is 19.3. The molecule has 2 heterocycles. The van der Waals surface area contributed by atoms with Gasteiger partial charge in [-0.15, -0.1) is 0 Å². The normalized spacial score (nSPS) is 15.9. The van der Waals surface area contributed by atoms with Crippen LogP contribution >= 0.6 is 0 Å². The number of anilines is 2. The number of fused-ring (bicyclic) bond motifs is 1. The summed E-state index contributed by atoms with van der Waals surface area (Å²) in [7, 11) is 0. The van der Waals surface area contributed by atoms with Gasteiger partial charge in [0.05, 0.1) is 34.3 Å². The second-order valence-electron chi connectivity index (χ2n) is 8.11. The number of carboxylic acids is 1. The smallest absolute Gasteiger partial charge is 0.337 e. The van der Waals surface area contributed by atoms with Crippen LogP contribution in [-0.2, 0) is 0 Å². The molecule has 10 heteroatoms. The van der Waals surface area contributed by atoms with Crippen molar-refractivity contribution in [2.75, 3.05) is 23.3 Å². The Morgan fingerprint density at radius 1 is 1.18 bits per heavy atom. The van der Waals surface area contributed by atoms with Crippen molar-refractivity contribution in [2.45, 2.75) is 31.7 Å². The molecule has 1 atom stereocenters. The molecule has 0 radical (unpaired) electrons. The highest BCUT2D eigenvalue weighted by Gasteiger charge is 2.35. The molecule has 4 rings (SSSR count). The van der Waals surface area contributed by atoms with E-state index in [-0.39, 0.29) is 43.0 Å². The molecule has 0 unspecified atom stereocenters. The number of nitrogens with one attached hydrogen (secondary N) is 1. The first-order chi connectivity index (χ1) is 16.2. The number of hydrogen-bond acceptors (Lipinski definition) is 7. The summed E-state index contributed by atoms with van der Waals surface area (Å²) in [6.07, 6.45) is -0.691. The van der Waals surface area contributed by atoms with Crippen LogP contribution in [0.4, 0.5) is 20.3 Å². The summed E-state index contributed by atoms with van der Waals surface area (Å²) >= 11 is 0. The largest absolute Gasteiger partial charge is 0.478 e. The first-order valence-corrected chi connectivity index (χ1v) is 10.6. The van der Waals surface area contributed by atoms with Gasteiger partial charge in [-0.05, 0) is 31.2 Å². The van der Waals surface area contributed by atoms with Gasteiger partial charge in [-0.3, -0.25) is 0 Å². The van der Waals surface area contributed by atoms with E-state index in [9.17, 15) is 29.2 Å². The lowest BCUT2D eigenvalue weighted by Gasteiger charge is -2.33. The van der Waals surface area contributed by atoms with Crippen molar-refractivity contribution in [3.8, 4) is 12.1 Å². The first kappa shape index (κ1) is 22.9. The summed E-state index contributed by atoms with van der Waals surface area (Å²) in [5, 5.41) is 31.8. The Hall–Kier alpha value is -4.31. The number of rotatable bonds is 5. The lowest BCUT2D eigenvalue weighted by Crippen LogP contribution is -2.40. The fourth-order valence-electron chi connectivity index (χ4n) is 4.02. The van der Waals surface area contributed by atoms with Crippen molar-refractivity contribution in [3.63, 3.8) is 0 Å². The summed E-state index contributed by atoms with van der Waals surface area (Å²) in [6.45, 7) is 1.86. The van der Waals surface area contributed by atoms with E-state index in [4.69, 9.17) is 0 Å². The Bertz CT molecular complexity index is 1350. The number of alkyl halides is 2. The van der Waals surface area contributed by atoms with Crippen LogP contribution in [0.3, 0.4) is 0 Å². The Balaban J connectivity index is 1.81. The molecule has 0 amide bonds. The van der Waals surface area contributed by atoms with Gasteiger partial charge in [-0.25, -0.2) is 23.5 Å². The molecule has 1 aliphatic heterocycles. The number of benzene rings is 2. The van der Waals surface area contributed by atoms with E-state index in [0.717, 1.165) is 0 Å². The number of nitrogens with zero attached hydrogens (tertiary/aromatic N) is 5. The van der Waals surface area contributed by atoms with Crippen LogP contribution in [0.2, 0.25) is 0 Å². The monoisotopic (exact) mass is 462 g/mol. The number of halogens is 2. The topological polar surface area (TPSA) is 126 Å². The molecule has 1 saturated heterocycles. The highest BCUT2D eigenvalue weighted by Crippen LogP contribution is 2.33. The van der Waals surface area contributed by atoms with Crippen LogP contribution in [0.1, 0.15) is 53.0 Å². The van der Waals surface area contributed by atoms with E-state index in [1.165, 1.54) is 12.1 Å². The van der Waals surface area contributed by atoms with Crippen molar-refractivity contribution < 1.29 is 18.7 Å². The minimum absolute atomic E-state index is 0.00408. The van der Waals surface area contributed by atoms with Gasteiger partial charge in [0.2, 0.25) is 0 Å². The maximum atomic E-state index is 13.7. The fraction of sp³-hybridized carbons (Fsp3) is 0.292. The Morgan fingerprint density at radius 2 is 1.88 bits per heavy atom. The lowest BCUT2D eigenvalue weighted by atomic mass is 10.0. The summed E-state index contributed by atoms with van der Waals surface area (Å²) in [4.78, 5) is 22.2. The van der Waals surface area contributed by atoms with Crippen molar-refractivity contribution in [1.82, 2.24) is 9.97 Å². The summed E-state index contributed by atoms with van der Waals surface area (Å²) in [6, 6.07) is 13.1. The maximum absolute atomic E-state index is 13.7. The standard InChI is InChI=1S/C24H20F2N6O2/c1-14(29-18-5-3-2-4-16(18)23(33)34)17-10-15(12-27)11-19-21(17)31-22(20(13-28)30-19)32-8-6-24(25,26)7-9-32/h2-5,10-11,14,29H,6-9H2,1H3,(H,33,34)/t14-/m1/s1.